The van der Waals surface area contributed by atoms with Crippen molar-refractivity contribution in [2.45, 2.75) is 58.2 Å². The number of rotatable bonds is 2. The fraction of sp³-hybridized carbons (Fsp3) is 0.375. The van der Waals surface area contributed by atoms with Gasteiger partial charge in [0.2, 0.25) is 0 Å². The first kappa shape index (κ1) is 31.4. The third-order valence-corrected chi connectivity index (χ3v) is 7.85. The highest BCUT2D eigenvalue weighted by Gasteiger charge is 2.35. The van der Waals surface area contributed by atoms with E-state index in [1.807, 2.05) is 24.3 Å². The topological polar surface area (TPSA) is 172 Å². The zero-order valence-electron chi connectivity index (χ0n) is 25.7. The molecule has 3 atom stereocenters. The Hall–Kier alpha value is -5.04. The average Bonchev–Trinajstić information content (AvgIpc) is 3.03. The number of pyridine rings is 2. The largest absolute Gasteiger partial charge is 0.451 e. The van der Waals surface area contributed by atoms with E-state index in [-0.39, 0.29) is 12.3 Å². The highest BCUT2D eigenvalue weighted by atomic mass is 16.5. The van der Waals surface area contributed by atoms with E-state index in [1.54, 1.807) is 58.2 Å². The number of hydrogen-bond donors (Lipinski definition) is 4. The first-order valence-electron chi connectivity index (χ1n) is 14.8. The van der Waals surface area contributed by atoms with Crippen LogP contribution >= 0.6 is 0 Å². The van der Waals surface area contributed by atoms with Crippen LogP contribution < -0.4 is 26.9 Å². The molecular formula is C32H38N8O5. The molecule has 1 saturated heterocycles. The summed E-state index contributed by atoms with van der Waals surface area (Å²) in [7, 11) is 1.69. The van der Waals surface area contributed by atoms with E-state index in [2.05, 4.69) is 21.2 Å². The molecule has 13 nitrogen and oxygen atoms in total. The number of fused-ring (bicyclic) bond motifs is 4. The molecule has 2 aromatic heterocycles. The summed E-state index contributed by atoms with van der Waals surface area (Å²) in [6.07, 6.45) is 4.85. The summed E-state index contributed by atoms with van der Waals surface area (Å²) in [6.45, 7) is 5.28. The number of cyclic esters (lactones) is 1. The van der Waals surface area contributed by atoms with Crippen LogP contribution in [0.1, 0.15) is 44.7 Å². The number of anilines is 2. The van der Waals surface area contributed by atoms with Gasteiger partial charge in [-0.1, -0.05) is 30.4 Å². The van der Waals surface area contributed by atoms with E-state index >= 15 is 0 Å². The molecule has 13 heteroatoms. The molecule has 0 saturated carbocycles. The molecule has 3 aromatic rings. The summed E-state index contributed by atoms with van der Waals surface area (Å²) in [5.41, 5.74) is 12.6. The number of amides is 3. The molecule has 0 aliphatic carbocycles. The van der Waals surface area contributed by atoms with Crippen LogP contribution in [0.3, 0.4) is 0 Å². The second-order valence-corrected chi connectivity index (χ2v) is 11.9. The van der Waals surface area contributed by atoms with Crippen LogP contribution in [0.5, 0.6) is 0 Å². The van der Waals surface area contributed by atoms with E-state index < -0.39 is 41.4 Å². The highest BCUT2D eigenvalue weighted by molar-refractivity contribution is 5.92. The maximum absolute atomic E-state index is 13.5. The van der Waals surface area contributed by atoms with Gasteiger partial charge in [0.15, 0.2) is 6.10 Å². The second kappa shape index (κ2) is 12.9. The lowest BCUT2D eigenvalue weighted by Gasteiger charge is -2.35. The summed E-state index contributed by atoms with van der Waals surface area (Å²) in [6, 6.07) is 11.0. The van der Waals surface area contributed by atoms with Crippen LogP contribution in [0.2, 0.25) is 0 Å². The summed E-state index contributed by atoms with van der Waals surface area (Å²) < 4.78 is 5.81. The van der Waals surface area contributed by atoms with Crippen molar-refractivity contribution in [3.63, 3.8) is 0 Å². The Labute approximate surface area is 261 Å². The Morgan fingerprint density at radius 3 is 2.60 bits per heavy atom. The Bertz CT molecular complexity index is 1640. The van der Waals surface area contributed by atoms with Crippen molar-refractivity contribution in [1.82, 2.24) is 31.1 Å². The highest BCUT2D eigenvalue weighted by Crippen LogP contribution is 2.25. The summed E-state index contributed by atoms with van der Waals surface area (Å²) >= 11 is 0. The fourth-order valence-electron chi connectivity index (χ4n) is 5.06. The number of carbonyl (C=O) groups excluding carboxylic acids is 4. The van der Waals surface area contributed by atoms with Gasteiger partial charge in [-0.2, -0.15) is 0 Å². The van der Waals surface area contributed by atoms with Crippen LogP contribution in [0.25, 0.3) is 17.0 Å². The molecule has 45 heavy (non-hydrogen) atoms. The Morgan fingerprint density at radius 2 is 1.84 bits per heavy atom. The summed E-state index contributed by atoms with van der Waals surface area (Å²) in [5.74, 6) is -1.20. The first-order chi connectivity index (χ1) is 21.4. The minimum atomic E-state index is -1.26. The lowest BCUT2D eigenvalue weighted by Crippen LogP contribution is -2.62. The van der Waals surface area contributed by atoms with Crippen molar-refractivity contribution >= 4 is 52.3 Å². The smallest absolute Gasteiger partial charge is 0.316 e. The van der Waals surface area contributed by atoms with Gasteiger partial charge in [0.25, 0.3) is 17.7 Å². The van der Waals surface area contributed by atoms with Gasteiger partial charge in [0.05, 0.1) is 10.9 Å². The Morgan fingerprint density at radius 1 is 1.07 bits per heavy atom. The van der Waals surface area contributed by atoms with E-state index in [4.69, 9.17) is 15.5 Å². The molecule has 0 spiro atoms. The number of hydrazine groups is 2. The monoisotopic (exact) mass is 614 g/mol. The second-order valence-electron chi connectivity index (χ2n) is 11.9. The SMILES string of the molecule is C[C@@H]1NC(=O)C(Cc2ccc(N)nc2)OC(=O)C(C)(C)/C=C/c2ccc3ccc(nc3c2)N(C)NC(=O)[C@@H]2CCCN(N2)C1=O. The third kappa shape index (κ3) is 7.37. The molecule has 1 aromatic carbocycles. The number of aromatic nitrogens is 2. The molecule has 2 aliphatic rings. The maximum atomic E-state index is 13.5. The van der Waals surface area contributed by atoms with Crippen molar-refractivity contribution < 1.29 is 23.9 Å². The number of esters is 1. The van der Waals surface area contributed by atoms with Gasteiger partial charge < -0.3 is 15.8 Å². The van der Waals surface area contributed by atoms with Crippen molar-refractivity contribution in [3.8, 4) is 0 Å². The van der Waals surface area contributed by atoms with Gasteiger partial charge in [0.1, 0.15) is 23.7 Å². The van der Waals surface area contributed by atoms with Crippen LogP contribution in [0.4, 0.5) is 11.6 Å². The Balaban J connectivity index is 1.49. The molecule has 4 heterocycles. The number of nitrogens with one attached hydrogen (secondary N) is 3. The number of ether oxygens (including phenoxy) is 1. The molecular weight excluding hydrogens is 576 g/mol. The predicted molar refractivity (Wildman–Crippen MR) is 169 cm³/mol. The molecule has 2 aliphatic heterocycles. The van der Waals surface area contributed by atoms with Crippen LogP contribution in [0, 0.1) is 5.41 Å². The Kier molecular flexibility index (Phi) is 9.00. The van der Waals surface area contributed by atoms with E-state index in [9.17, 15) is 19.2 Å². The van der Waals surface area contributed by atoms with Crippen LogP contribution in [0.15, 0.2) is 54.7 Å². The van der Waals surface area contributed by atoms with Gasteiger partial charge in [-0.15, -0.1) is 0 Å². The molecule has 0 radical (unpaired) electrons. The summed E-state index contributed by atoms with van der Waals surface area (Å²) in [4.78, 5) is 62.4. The lowest BCUT2D eigenvalue weighted by atomic mass is 9.92. The fourth-order valence-corrected chi connectivity index (χ4v) is 5.06. The quantitative estimate of drug-likeness (QED) is 0.313. The van der Waals surface area contributed by atoms with Crippen LogP contribution in [-0.2, 0) is 30.3 Å². The van der Waals surface area contributed by atoms with Gasteiger partial charge in [-0.25, -0.2) is 15.4 Å². The van der Waals surface area contributed by atoms with Crippen LogP contribution in [-0.4, -0.2) is 70.4 Å². The van der Waals surface area contributed by atoms with E-state index in [0.717, 1.165) is 10.9 Å². The zero-order chi connectivity index (χ0) is 32.3. The number of nitrogens with two attached hydrogens (primary N) is 1. The average molecular weight is 615 g/mol. The molecule has 5 N–H and O–H groups in total. The standard InChI is InChI=1S/C32H38N8O5/c1-19-30(43)40-15-5-6-23(37-40)28(41)38-39(4)27-12-10-22-9-7-20(16-24(22)36-27)13-14-32(2,3)31(44)45-25(29(42)35-19)17-21-8-11-26(33)34-18-21/h7-14,16,18-19,23,25,37H,5-6,15,17H2,1-4H3,(H2,33,34)(H,35,42)(H,38,41)/b14-13+/t19-,23-,25?/m0/s1. The molecule has 236 valence electrons. The lowest BCUT2D eigenvalue weighted by molar-refractivity contribution is -0.162. The normalized spacial score (nSPS) is 23.7. The number of hydrogen-bond acceptors (Lipinski definition) is 10. The van der Waals surface area contributed by atoms with Crippen molar-refractivity contribution in [2.24, 2.45) is 5.41 Å². The van der Waals surface area contributed by atoms with Crippen molar-refractivity contribution in [1.29, 1.82) is 0 Å². The number of carbonyl (C=O) groups is 4. The predicted octanol–water partition coefficient (Wildman–Crippen LogP) is 1.89. The minimum Gasteiger partial charge on any atom is -0.451 e. The molecule has 1 unspecified atom stereocenters. The molecule has 5 rings (SSSR count). The summed E-state index contributed by atoms with van der Waals surface area (Å²) in [5, 5.41) is 6.47. The number of nitrogens with zero attached hydrogens (tertiary/aromatic N) is 4. The van der Waals surface area contributed by atoms with Gasteiger partial charge in [-0.05, 0) is 69.0 Å². The minimum absolute atomic E-state index is 0.0158. The van der Waals surface area contributed by atoms with E-state index in [0.29, 0.717) is 42.1 Å². The molecule has 3 amide bonds. The maximum Gasteiger partial charge on any atom is 0.316 e. The van der Waals surface area contributed by atoms with Crippen molar-refractivity contribution in [2.75, 3.05) is 24.3 Å². The molecule has 1 fully saturated rings. The zero-order valence-corrected chi connectivity index (χ0v) is 25.7. The molecule has 5 bridgehead atoms. The van der Waals surface area contributed by atoms with Gasteiger partial charge in [-0.3, -0.25) is 34.6 Å². The van der Waals surface area contributed by atoms with Gasteiger partial charge in [0, 0.05) is 31.6 Å². The van der Waals surface area contributed by atoms with Crippen molar-refractivity contribution in [3.05, 3.63) is 65.9 Å². The number of benzene rings is 1. The third-order valence-electron chi connectivity index (χ3n) is 7.85. The van der Waals surface area contributed by atoms with Gasteiger partial charge >= 0.3 is 5.97 Å². The van der Waals surface area contributed by atoms with E-state index in [1.165, 1.54) is 16.2 Å². The first-order valence-corrected chi connectivity index (χ1v) is 14.8. The number of nitrogen functional groups attached to an aromatic ring is 1.